The third kappa shape index (κ3) is 3.87. The van der Waals surface area contributed by atoms with E-state index in [4.69, 9.17) is 4.42 Å². The topological polar surface area (TPSA) is 28.4 Å². The van der Waals surface area contributed by atoms with E-state index in [1.54, 1.807) is 0 Å². The highest BCUT2D eigenvalue weighted by Gasteiger charge is 2.06. The summed E-state index contributed by atoms with van der Waals surface area (Å²) in [5.74, 6) is 1.000. The van der Waals surface area contributed by atoms with E-state index in [0.717, 1.165) is 31.8 Å². The number of aryl methyl sites for hydroxylation is 1. The number of nitrogens with one attached hydrogen (secondary N) is 1. The Labute approximate surface area is 121 Å². The van der Waals surface area contributed by atoms with Crippen LogP contribution in [0.2, 0.25) is 0 Å². The van der Waals surface area contributed by atoms with E-state index < -0.39 is 0 Å². The van der Waals surface area contributed by atoms with Crippen LogP contribution >= 0.6 is 0 Å². The van der Waals surface area contributed by atoms with E-state index in [1.807, 2.05) is 6.26 Å². The molecule has 3 nitrogen and oxygen atoms in total. The van der Waals surface area contributed by atoms with Gasteiger partial charge in [-0.3, -0.25) is 0 Å². The highest BCUT2D eigenvalue weighted by atomic mass is 16.3. The number of furan rings is 1. The summed E-state index contributed by atoms with van der Waals surface area (Å²) in [5.41, 5.74) is 3.79. The summed E-state index contributed by atoms with van der Waals surface area (Å²) in [6.45, 7) is 6.92. The van der Waals surface area contributed by atoms with Gasteiger partial charge in [0.15, 0.2) is 0 Å². The van der Waals surface area contributed by atoms with Crippen molar-refractivity contribution in [1.82, 2.24) is 5.32 Å². The van der Waals surface area contributed by atoms with Gasteiger partial charge in [0.1, 0.15) is 5.76 Å². The number of rotatable bonds is 7. The predicted octanol–water partition coefficient (Wildman–Crippen LogP) is 3.59. The Hall–Kier alpha value is -1.74. The van der Waals surface area contributed by atoms with Gasteiger partial charge in [-0.25, -0.2) is 0 Å². The lowest BCUT2D eigenvalue weighted by molar-refractivity contribution is 0.504. The smallest absolute Gasteiger partial charge is 0.123 e. The molecule has 1 aromatic carbocycles. The second-order valence-electron chi connectivity index (χ2n) is 5.08. The van der Waals surface area contributed by atoms with Gasteiger partial charge in [0, 0.05) is 24.8 Å². The van der Waals surface area contributed by atoms with E-state index in [2.05, 4.69) is 61.4 Å². The van der Waals surface area contributed by atoms with Crippen LogP contribution in [0.4, 0.5) is 5.69 Å². The molecule has 0 amide bonds. The molecule has 1 N–H and O–H groups in total. The zero-order chi connectivity index (χ0) is 14.4. The minimum absolute atomic E-state index is 0.789. The quantitative estimate of drug-likeness (QED) is 0.835. The molecule has 0 saturated heterocycles. The van der Waals surface area contributed by atoms with Gasteiger partial charge in [0.05, 0.1) is 12.8 Å². The molecule has 20 heavy (non-hydrogen) atoms. The highest BCUT2D eigenvalue weighted by Crippen LogP contribution is 2.18. The Balaban J connectivity index is 1.95. The van der Waals surface area contributed by atoms with E-state index in [9.17, 15) is 0 Å². The summed E-state index contributed by atoms with van der Waals surface area (Å²) in [7, 11) is 2.09. The molecule has 0 aliphatic carbocycles. The number of nitrogens with zero attached hydrogens (tertiary/aromatic N) is 1. The lowest BCUT2D eigenvalue weighted by Crippen LogP contribution is -2.15. The van der Waals surface area contributed by atoms with E-state index in [-0.39, 0.29) is 0 Å². The van der Waals surface area contributed by atoms with Gasteiger partial charge in [-0.05, 0) is 36.7 Å². The molecule has 3 heteroatoms. The van der Waals surface area contributed by atoms with Crippen molar-refractivity contribution >= 4 is 5.69 Å². The minimum atomic E-state index is 0.789. The Bertz CT molecular complexity index is 516. The zero-order valence-electron chi connectivity index (χ0n) is 12.6. The first kappa shape index (κ1) is 14.7. The normalized spacial score (nSPS) is 10.8. The van der Waals surface area contributed by atoms with Crippen LogP contribution in [0.5, 0.6) is 0 Å². The van der Waals surface area contributed by atoms with E-state index in [0.29, 0.717) is 0 Å². The van der Waals surface area contributed by atoms with Crippen molar-refractivity contribution in [2.75, 3.05) is 18.5 Å². The second kappa shape index (κ2) is 7.15. The van der Waals surface area contributed by atoms with E-state index >= 15 is 0 Å². The lowest BCUT2D eigenvalue weighted by atomic mass is 10.1. The Morgan fingerprint density at radius 2 is 1.85 bits per heavy atom. The monoisotopic (exact) mass is 272 g/mol. The van der Waals surface area contributed by atoms with Crippen LogP contribution in [0.15, 0.2) is 41.0 Å². The standard InChI is InChI=1S/C17H24N2O/c1-4-14-6-8-16(9-7-14)19(3)12-17-10-15(13-20-17)11-18-5-2/h6-10,13,18H,4-5,11-12H2,1-3H3. The van der Waals surface area contributed by atoms with Crippen molar-refractivity contribution < 1.29 is 4.42 Å². The van der Waals surface area contributed by atoms with Crippen molar-refractivity contribution in [3.8, 4) is 0 Å². The molecular formula is C17H24N2O. The van der Waals surface area contributed by atoms with Crippen molar-refractivity contribution in [2.24, 2.45) is 0 Å². The first-order valence-electron chi connectivity index (χ1n) is 7.30. The first-order chi connectivity index (χ1) is 9.72. The van der Waals surface area contributed by atoms with Crippen LogP contribution < -0.4 is 10.2 Å². The molecule has 108 valence electrons. The second-order valence-corrected chi connectivity index (χ2v) is 5.08. The van der Waals surface area contributed by atoms with Crippen LogP contribution in [0.1, 0.15) is 30.7 Å². The number of anilines is 1. The Morgan fingerprint density at radius 3 is 2.50 bits per heavy atom. The molecule has 0 aliphatic rings. The maximum atomic E-state index is 5.62. The maximum absolute atomic E-state index is 5.62. The number of benzene rings is 1. The van der Waals surface area contributed by atoms with Gasteiger partial charge in [-0.1, -0.05) is 26.0 Å². The van der Waals surface area contributed by atoms with Gasteiger partial charge >= 0.3 is 0 Å². The summed E-state index contributed by atoms with van der Waals surface area (Å²) in [6, 6.07) is 10.8. The molecule has 0 unspecified atom stereocenters. The van der Waals surface area contributed by atoms with Gasteiger partial charge < -0.3 is 14.6 Å². The molecule has 0 fully saturated rings. The van der Waals surface area contributed by atoms with Crippen LogP contribution in [-0.2, 0) is 19.5 Å². The fourth-order valence-corrected chi connectivity index (χ4v) is 2.18. The van der Waals surface area contributed by atoms with Gasteiger partial charge in [0.25, 0.3) is 0 Å². The van der Waals surface area contributed by atoms with Crippen molar-refractivity contribution in [1.29, 1.82) is 0 Å². The third-order valence-electron chi connectivity index (χ3n) is 3.47. The average molecular weight is 272 g/mol. The summed E-state index contributed by atoms with van der Waals surface area (Å²) >= 11 is 0. The van der Waals surface area contributed by atoms with Gasteiger partial charge in [0.2, 0.25) is 0 Å². The molecule has 1 heterocycles. The molecule has 2 rings (SSSR count). The molecule has 0 atom stereocenters. The third-order valence-corrected chi connectivity index (χ3v) is 3.47. The van der Waals surface area contributed by atoms with Crippen molar-refractivity contribution in [3.05, 3.63) is 53.5 Å². The fraction of sp³-hybridized carbons (Fsp3) is 0.412. The average Bonchev–Trinajstić information content (AvgIpc) is 2.92. The molecular weight excluding hydrogens is 248 g/mol. The first-order valence-corrected chi connectivity index (χ1v) is 7.30. The summed E-state index contributed by atoms with van der Waals surface area (Å²) < 4.78 is 5.62. The molecule has 0 radical (unpaired) electrons. The molecule has 0 spiro atoms. The minimum Gasteiger partial charge on any atom is -0.467 e. The molecule has 1 aromatic heterocycles. The van der Waals surface area contributed by atoms with Crippen LogP contribution in [0.25, 0.3) is 0 Å². The fourth-order valence-electron chi connectivity index (χ4n) is 2.18. The summed E-state index contributed by atoms with van der Waals surface area (Å²) in [6.07, 6.45) is 2.92. The molecule has 2 aromatic rings. The van der Waals surface area contributed by atoms with Crippen LogP contribution in [0.3, 0.4) is 0 Å². The maximum Gasteiger partial charge on any atom is 0.123 e. The van der Waals surface area contributed by atoms with E-state index in [1.165, 1.54) is 16.8 Å². The van der Waals surface area contributed by atoms with Gasteiger partial charge in [-0.2, -0.15) is 0 Å². The Morgan fingerprint density at radius 1 is 1.10 bits per heavy atom. The van der Waals surface area contributed by atoms with Crippen LogP contribution in [-0.4, -0.2) is 13.6 Å². The zero-order valence-corrected chi connectivity index (χ0v) is 12.6. The van der Waals surface area contributed by atoms with Crippen molar-refractivity contribution in [2.45, 2.75) is 33.4 Å². The lowest BCUT2D eigenvalue weighted by Gasteiger charge is -2.18. The summed E-state index contributed by atoms with van der Waals surface area (Å²) in [5, 5.41) is 3.30. The highest BCUT2D eigenvalue weighted by molar-refractivity contribution is 5.47. The molecule has 0 bridgehead atoms. The number of hydrogen-bond acceptors (Lipinski definition) is 3. The Kier molecular flexibility index (Phi) is 5.24. The summed E-state index contributed by atoms with van der Waals surface area (Å²) in [4.78, 5) is 2.20. The SMILES string of the molecule is CCNCc1coc(CN(C)c2ccc(CC)cc2)c1. The van der Waals surface area contributed by atoms with Crippen molar-refractivity contribution in [3.63, 3.8) is 0 Å². The molecule has 0 aliphatic heterocycles. The predicted molar refractivity (Wildman–Crippen MR) is 84.0 cm³/mol. The number of hydrogen-bond donors (Lipinski definition) is 1. The van der Waals surface area contributed by atoms with Gasteiger partial charge in [-0.15, -0.1) is 0 Å². The molecule has 0 saturated carbocycles. The van der Waals surface area contributed by atoms with Crippen LogP contribution in [0, 0.1) is 0 Å². The largest absolute Gasteiger partial charge is 0.467 e.